The van der Waals surface area contributed by atoms with E-state index in [1.54, 1.807) is 0 Å². The number of hydrogen-bond acceptors (Lipinski definition) is 1. The first-order valence-corrected chi connectivity index (χ1v) is 15.4. The van der Waals surface area contributed by atoms with Crippen LogP contribution in [0.2, 0.25) is 0 Å². The smallest absolute Gasteiger partial charge is 0.0791 e. The van der Waals surface area contributed by atoms with Crippen LogP contribution in [0.15, 0.2) is 158 Å². The van der Waals surface area contributed by atoms with Crippen LogP contribution in [0.3, 0.4) is 0 Å². The van der Waals surface area contributed by atoms with Crippen molar-refractivity contribution in [1.29, 1.82) is 0 Å². The minimum Gasteiger partial charge on any atom is -0.307 e. The highest BCUT2D eigenvalue weighted by atomic mass is 15.0. The van der Waals surface area contributed by atoms with E-state index in [1.807, 2.05) is 0 Å². The summed E-state index contributed by atoms with van der Waals surface area (Å²) in [6.45, 7) is 2.25. The highest BCUT2D eigenvalue weighted by Crippen LogP contribution is 2.43. The van der Waals surface area contributed by atoms with Crippen LogP contribution >= 0.6 is 0 Å². The Kier molecular flexibility index (Phi) is 5.72. The lowest BCUT2D eigenvalue weighted by molar-refractivity contribution is 1.14. The van der Waals surface area contributed by atoms with Gasteiger partial charge in [-0.15, -0.1) is 0 Å². The first kappa shape index (κ1) is 25.6. The van der Waals surface area contributed by atoms with Crippen LogP contribution in [0.4, 0.5) is 0 Å². The number of aryl methyl sites for hydroxylation is 1. The minimum atomic E-state index is 0.949. The van der Waals surface area contributed by atoms with E-state index in [0.717, 1.165) is 33.9 Å². The van der Waals surface area contributed by atoms with Crippen LogP contribution in [-0.4, -0.2) is 14.1 Å². The molecule has 9 rings (SSSR count). The van der Waals surface area contributed by atoms with Crippen molar-refractivity contribution in [2.75, 3.05) is 0 Å². The molecule has 0 spiro atoms. The summed E-state index contributed by atoms with van der Waals surface area (Å²) in [5.41, 5.74) is 12.4. The molecule has 45 heavy (non-hydrogen) atoms. The molecule has 0 aliphatic heterocycles. The third-order valence-electron chi connectivity index (χ3n) is 8.99. The Bertz CT molecular complexity index is 2460. The van der Waals surface area contributed by atoms with Gasteiger partial charge in [-0.3, -0.25) is 0 Å². The summed E-state index contributed by atoms with van der Waals surface area (Å²) < 4.78 is 4.91. The van der Waals surface area contributed by atoms with Gasteiger partial charge in [0.1, 0.15) is 0 Å². The Morgan fingerprint density at radius 3 is 1.53 bits per heavy atom. The Morgan fingerprint density at radius 1 is 0.422 bits per heavy atom. The zero-order valence-electron chi connectivity index (χ0n) is 24.9. The van der Waals surface area contributed by atoms with Gasteiger partial charge in [0, 0.05) is 38.4 Å². The number of benzene rings is 6. The Morgan fingerprint density at radius 2 is 0.911 bits per heavy atom. The van der Waals surface area contributed by atoms with Gasteiger partial charge in [0.2, 0.25) is 0 Å². The van der Waals surface area contributed by atoms with Crippen LogP contribution in [0.25, 0.3) is 77.5 Å². The average molecular weight is 576 g/mol. The second kappa shape index (κ2) is 10.1. The molecule has 0 amide bonds. The second-order valence-corrected chi connectivity index (χ2v) is 11.7. The molecule has 3 heteroatoms. The van der Waals surface area contributed by atoms with Crippen molar-refractivity contribution < 1.29 is 0 Å². The van der Waals surface area contributed by atoms with Crippen LogP contribution < -0.4 is 0 Å². The normalized spacial score (nSPS) is 11.7. The van der Waals surface area contributed by atoms with Crippen molar-refractivity contribution in [1.82, 2.24) is 14.1 Å². The molecule has 0 unspecified atom stereocenters. The van der Waals surface area contributed by atoms with E-state index in [-0.39, 0.29) is 0 Å². The second-order valence-electron chi connectivity index (χ2n) is 11.7. The van der Waals surface area contributed by atoms with Gasteiger partial charge in [-0.1, -0.05) is 115 Å². The van der Waals surface area contributed by atoms with Crippen molar-refractivity contribution >= 4 is 43.6 Å². The SMILES string of the molecule is Cc1cc2c3ccccc3n(-c3ccccc3)c2c2c1c1ccccc1n2-c1cc(-c2ccccc2)nc(-c2ccccc2)c1. The first-order chi connectivity index (χ1) is 22.3. The fraction of sp³-hybridized carbons (Fsp3) is 0.0238. The third-order valence-corrected chi connectivity index (χ3v) is 8.99. The number of nitrogens with zero attached hydrogens (tertiary/aromatic N) is 3. The molecule has 6 aromatic carbocycles. The highest BCUT2D eigenvalue weighted by Gasteiger charge is 2.23. The summed E-state index contributed by atoms with van der Waals surface area (Å²) in [4.78, 5) is 5.21. The highest BCUT2D eigenvalue weighted by molar-refractivity contribution is 6.25. The van der Waals surface area contributed by atoms with Crippen LogP contribution in [-0.2, 0) is 0 Å². The van der Waals surface area contributed by atoms with Crippen molar-refractivity contribution in [3.63, 3.8) is 0 Å². The van der Waals surface area contributed by atoms with Crippen molar-refractivity contribution in [2.45, 2.75) is 6.92 Å². The van der Waals surface area contributed by atoms with Gasteiger partial charge in [0.05, 0.1) is 39.1 Å². The quantitative estimate of drug-likeness (QED) is 0.205. The predicted octanol–water partition coefficient (Wildman–Crippen LogP) is 10.9. The summed E-state index contributed by atoms with van der Waals surface area (Å²) in [6.07, 6.45) is 0. The summed E-state index contributed by atoms with van der Waals surface area (Å²) in [5, 5.41) is 5.03. The summed E-state index contributed by atoms with van der Waals surface area (Å²) in [6, 6.07) is 56.2. The molecule has 0 N–H and O–H groups in total. The van der Waals surface area contributed by atoms with Gasteiger partial charge in [0.15, 0.2) is 0 Å². The lowest BCUT2D eigenvalue weighted by Crippen LogP contribution is -2.01. The van der Waals surface area contributed by atoms with Gasteiger partial charge in [-0.2, -0.15) is 0 Å². The molecule has 0 aliphatic carbocycles. The van der Waals surface area contributed by atoms with Crippen molar-refractivity contribution in [3.8, 4) is 33.9 Å². The molecule has 0 atom stereocenters. The van der Waals surface area contributed by atoms with Gasteiger partial charge in [0.25, 0.3) is 0 Å². The molecule has 3 nitrogen and oxygen atoms in total. The molecule has 9 aromatic rings. The van der Waals surface area contributed by atoms with E-state index in [9.17, 15) is 0 Å². The van der Waals surface area contributed by atoms with Crippen LogP contribution in [0, 0.1) is 6.92 Å². The van der Waals surface area contributed by atoms with Gasteiger partial charge < -0.3 is 9.13 Å². The summed E-state index contributed by atoms with van der Waals surface area (Å²) in [7, 11) is 0. The molecular formula is C42H29N3. The lowest BCUT2D eigenvalue weighted by Gasteiger charge is -2.15. The number of rotatable bonds is 4. The third kappa shape index (κ3) is 3.94. The fourth-order valence-corrected chi connectivity index (χ4v) is 7.07. The molecule has 0 bridgehead atoms. The Labute approximate surface area is 261 Å². The molecule has 0 fully saturated rings. The fourth-order valence-electron chi connectivity index (χ4n) is 7.07. The Balaban J connectivity index is 1.50. The molecular weight excluding hydrogens is 546 g/mol. The maximum Gasteiger partial charge on any atom is 0.0791 e. The Hall–Kier alpha value is -5.93. The van der Waals surface area contributed by atoms with E-state index in [4.69, 9.17) is 4.98 Å². The van der Waals surface area contributed by atoms with Crippen LogP contribution in [0.1, 0.15) is 5.56 Å². The number of fused-ring (bicyclic) bond motifs is 7. The largest absolute Gasteiger partial charge is 0.307 e. The maximum absolute atomic E-state index is 5.21. The summed E-state index contributed by atoms with van der Waals surface area (Å²) >= 11 is 0. The number of para-hydroxylation sites is 3. The molecule has 3 heterocycles. The average Bonchev–Trinajstić information content (AvgIpc) is 3.63. The first-order valence-electron chi connectivity index (χ1n) is 15.4. The zero-order chi connectivity index (χ0) is 29.9. The van der Waals surface area contributed by atoms with E-state index in [0.29, 0.717) is 0 Å². The maximum atomic E-state index is 5.21. The topological polar surface area (TPSA) is 22.8 Å². The molecule has 0 saturated carbocycles. The predicted molar refractivity (Wildman–Crippen MR) is 189 cm³/mol. The van der Waals surface area contributed by atoms with E-state index in [1.165, 1.54) is 49.2 Å². The van der Waals surface area contributed by atoms with Crippen molar-refractivity contribution in [3.05, 3.63) is 163 Å². The molecule has 3 aromatic heterocycles. The van der Waals surface area contributed by atoms with Gasteiger partial charge >= 0.3 is 0 Å². The van der Waals surface area contributed by atoms with Gasteiger partial charge in [-0.25, -0.2) is 4.98 Å². The molecule has 0 aliphatic rings. The molecule has 0 radical (unpaired) electrons. The number of hydrogen-bond donors (Lipinski definition) is 0. The molecule has 212 valence electrons. The van der Waals surface area contributed by atoms with Crippen molar-refractivity contribution in [2.24, 2.45) is 0 Å². The van der Waals surface area contributed by atoms with E-state index >= 15 is 0 Å². The van der Waals surface area contributed by atoms with E-state index in [2.05, 4.69) is 174 Å². The van der Waals surface area contributed by atoms with E-state index < -0.39 is 0 Å². The monoisotopic (exact) mass is 575 g/mol. The minimum absolute atomic E-state index is 0.949. The van der Waals surface area contributed by atoms with Crippen LogP contribution in [0.5, 0.6) is 0 Å². The molecule has 0 saturated heterocycles. The zero-order valence-corrected chi connectivity index (χ0v) is 24.9. The lowest BCUT2D eigenvalue weighted by atomic mass is 10.0. The number of aromatic nitrogens is 3. The summed E-state index contributed by atoms with van der Waals surface area (Å²) in [5.74, 6) is 0. The van der Waals surface area contributed by atoms with Gasteiger partial charge in [-0.05, 0) is 55.0 Å². The number of pyridine rings is 1. The standard InChI is InChI=1S/C42H29N3/c1-28-25-35-33-21-11-13-23-38(33)44(31-19-9-4-10-20-31)41(35)42-40(28)34-22-12-14-24-39(34)45(42)32-26-36(29-15-5-2-6-16-29)43-37(27-32)30-17-7-3-8-18-30/h2-27H,1H3.